The number of nitrogens with zero attached hydrogens (tertiary/aromatic N) is 2. The summed E-state index contributed by atoms with van der Waals surface area (Å²) in [6.45, 7) is 8.41. The van der Waals surface area contributed by atoms with Gasteiger partial charge in [-0.1, -0.05) is 61.8 Å². The van der Waals surface area contributed by atoms with Gasteiger partial charge in [-0.2, -0.15) is 5.10 Å². The molecule has 282 valence electrons. The lowest BCUT2D eigenvalue weighted by molar-refractivity contribution is -0.256. The minimum absolute atomic E-state index is 0.0401. The molecule has 6 bridgehead atoms. The second-order valence-electron chi connectivity index (χ2n) is 15.9. The van der Waals surface area contributed by atoms with E-state index in [-0.39, 0.29) is 30.9 Å². The molecular weight excluding hydrogens is 789 g/mol. The zero-order valence-corrected chi connectivity index (χ0v) is 32.4. The minimum Gasteiger partial charge on any atom is -0.357 e. The first kappa shape index (κ1) is 37.1. The molecule has 10 atom stereocenters. The van der Waals surface area contributed by atoms with E-state index >= 15 is 0 Å². The second kappa shape index (κ2) is 14.9. The number of anilines is 1. The van der Waals surface area contributed by atoms with Crippen LogP contribution in [0.4, 0.5) is 5.82 Å². The first-order chi connectivity index (χ1) is 24.4. The van der Waals surface area contributed by atoms with E-state index in [0.717, 1.165) is 49.4 Å². The van der Waals surface area contributed by atoms with Crippen LogP contribution in [0.2, 0.25) is 0 Å². The van der Waals surface area contributed by atoms with Crippen LogP contribution >= 0.6 is 22.6 Å². The first-order valence-corrected chi connectivity index (χ1v) is 21.5. The third kappa shape index (κ3) is 7.99. The van der Waals surface area contributed by atoms with Crippen molar-refractivity contribution in [2.45, 2.75) is 130 Å². The third-order valence-electron chi connectivity index (χ3n) is 11.8. The second-order valence-corrected chi connectivity index (χ2v) is 19.7. The van der Waals surface area contributed by atoms with Gasteiger partial charge in [-0.3, -0.25) is 29.5 Å². The number of aryl methyl sites for hydroxylation is 1. The molecule has 1 aromatic rings. The van der Waals surface area contributed by atoms with Crippen LogP contribution in [0.15, 0.2) is 18.7 Å². The van der Waals surface area contributed by atoms with Crippen molar-refractivity contribution in [1.82, 2.24) is 30.6 Å². The molecule has 16 heteroatoms. The number of nitrogens with one attached hydrogen (secondary N) is 5. The monoisotopic (exact) mass is 841 g/mol. The molecule has 3 aliphatic carbocycles. The molecule has 5 N–H and O–H groups in total. The fraction of sp³-hybridized carbons (Fsp3) is 0.771. The van der Waals surface area contributed by atoms with Gasteiger partial charge in [0.1, 0.15) is 29.7 Å². The number of sulfonamides is 1. The highest BCUT2D eigenvalue weighted by Crippen LogP contribution is 2.47. The van der Waals surface area contributed by atoms with Crippen LogP contribution < -0.4 is 20.7 Å². The van der Waals surface area contributed by atoms with E-state index in [0.29, 0.717) is 34.4 Å². The van der Waals surface area contributed by atoms with Crippen molar-refractivity contribution in [3.8, 4) is 0 Å². The highest BCUT2D eigenvalue weighted by atomic mass is 127. The average molecular weight is 842 g/mol. The molecule has 5 unspecified atom stereocenters. The average Bonchev–Trinajstić information content (AvgIpc) is 3.93. The summed E-state index contributed by atoms with van der Waals surface area (Å²) < 4.78 is 34.8. The largest absolute Gasteiger partial charge is 0.357 e. The van der Waals surface area contributed by atoms with Crippen LogP contribution in [-0.4, -0.2) is 87.3 Å². The quantitative estimate of drug-likeness (QED) is 0.155. The Balaban J connectivity index is 1.16. The highest BCUT2D eigenvalue weighted by molar-refractivity contribution is 14.1. The number of hydrogen-bond donors (Lipinski definition) is 5. The van der Waals surface area contributed by atoms with Crippen molar-refractivity contribution in [2.24, 2.45) is 29.6 Å². The normalized spacial score (nSPS) is 37.4. The summed E-state index contributed by atoms with van der Waals surface area (Å²) in [5.74, 6) is -0.619. The molecule has 2 saturated heterocycles. The van der Waals surface area contributed by atoms with E-state index in [2.05, 4.69) is 60.0 Å². The zero-order valence-electron chi connectivity index (χ0n) is 29.4. The molecule has 3 saturated carbocycles. The summed E-state index contributed by atoms with van der Waals surface area (Å²) in [6.07, 6.45) is 10.3. The molecule has 0 radical (unpaired) electrons. The Kier molecular flexibility index (Phi) is 10.8. The Bertz CT molecular complexity index is 1600. The molecule has 7 rings (SSSR count). The van der Waals surface area contributed by atoms with Crippen LogP contribution in [-0.2, 0) is 40.4 Å². The molecule has 0 spiro atoms. The molecule has 3 amide bonds. The van der Waals surface area contributed by atoms with E-state index < -0.39 is 62.8 Å². The fourth-order valence-corrected chi connectivity index (χ4v) is 10.9. The summed E-state index contributed by atoms with van der Waals surface area (Å²) in [5, 5.41) is 17.8. The molecule has 14 nitrogen and oxygen atoms in total. The predicted molar refractivity (Wildman–Crippen MR) is 197 cm³/mol. The van der Waals surface area contributed by atoms with Gasteiger partial charge in [-0.25, -0.2) is 18.3 Å². The smallest absolute Gasteiger partial charge is 0.269 e. The molecule has 4 heterocycles. The summed E-state index contributed by atoms with van der Waals surface area (Å²) >= 11 is 2.52. The molecule has 1 aromatic heterocycles. The molecule has 3 aliphatic heterocycles. The standard InChI is InChI=1S/C35H52IN7O7S/c1-4-22-17-35(22,34(46)42-51(47,48)25-10-11-25)39-31(44)27-16-29-49-32-26-13-20(12-21(26)14-23(36)18-37-32)8-6-5-7-9-24-15-28(41-40-24)38-30(19(2)3)33(45)43(27)50-29/h4,15,19-23,25-27,29-30,32,37H,1,5-14,16-18H2,2-3H3,(H,39,44)(H,42,46)(H2,38,40,41)/t20?,21?,22-,23?,26?,27+,29-,30+,32?,35-/m1/s1. The number of fused-ring (bicyclic) bond motifs is 5. The van der Waals surface area contributed by atoms with Gasteiger partial charge >= 0.3 is 0 Å². The van der Waals surface area contributed by atoms with Crippen molar-refractivity contribution >= 4 is 56.2 Å². The van der Waals surface area contributed by atoms with Crippen molar-refractivity contribution in [2.75, 3.05) is 11.9 Å². The van der Waals surface area contributed by atoms with Gasteiger partial charge in [0.05, 0.1) is 5.25 Å². The van der Waals surface area contributed by atoms with Crippen molar-refractivity contribution < 1.29 is 32.4 Å². The highest BCUT2D eigenvalue weighted by Gasteiger charge is 2.62. The van der Waals surface area contributed by atoms with Crippen LogP contribution in [0.25, 0.3) is 0 Å². The van der Waals surface area contributed by atoms with E-state index in [1.54, 1.807) is 6.08 Å². The molecule has 51 heavy (non-hydrogen) atoms. The number of rotatable bonds is 7. The van der Waals surface area contributed by atoms with Crippen LogP contribution in [0.5, 0.6) is 0 Å². The Morgan fingerprint density at radius 1 is 1.16 bits per heavy atom. The number of H-pyrrole nitrogens is 1. The number of carbonyl (C=O) groups is 3. The van der Waals surface area contributed by atoms with Crippen LogP contribution in [0.3, 0.4) is 0 Å². The lowest BCUT2D eigenvalue weighted by Gasteiger charge is -2.30. The van der Waals surface area contributed by atoms with Gasteiger partial charge in [-0.15, -0.1) is 6.58 Å². The lowest BCUT2D eigenvalue weighted by Crippen LogP contribution is -2.57. The minimum atomic E-state index is -3.85. The Morgan fingerprint density at radius 2 is 1.96 bits per heavy atom. The Hall–Kier alpha value is -2.28. The van der Waals surface area contributed by atoms with Gasteiger partial charge in [0.2, 0.25) is 15.9 Å². The van der Waals surface area contributed by atoms with Gasteiger partial charge in [0.15, 0.2) is 6.29 Å². The Morgan fingerprint density at radius 3 is 2.69 bits per heavy atom. The topological polar surface area (TPSA) is 184 Å². The fourth-order valence-electron chi connectivity index (χ4n) is 8.61. The summed E-state index contributed by atoms with van der Waals surface area (Å²) in [4.78, 5) is 48.5. The number of alkyl halides is 1. The third-order valence-corrected chi connectivity index (χ3v) is 14.5. The van der Waals surface area contributed by atoms with E-state index in [1.165, 1.54) is 19.3 Å². The lowest BCUT2D eigenvalue weighted by atomic mass is 9.91. The van der Waals surface area contributed by atoms with Gasteiger partial charge in [0.25, 0.3) is 11.8 Å². The molecule has 5 fully saturated rings. The Labute approximate surface area is 313 Å². The van der Waals surface area contributed by atoms with Gasteiger partial charge in [-0.05, 0) is 69.1 Å². The first-order valence-electron chi connectivity index (χ1n) is 18.7. The van der Waals surface area contributed by atoms with Gasteiger partial charge < -0.3 is 15.4 Å². The van der Waals surface area contributed by atoms with Crippen LogP contribution in [0, 0.1) is 29.6 Å². The SMILES string of the molecule is C=C[C@@H]1C[C@]1(NC(=O)[C@@H]1C[C@@H]2OC3NCC(I)CC4CC(CCCCCc5cc(n[nH]5)N[C@@H](C(C)C)C(=O)N1O2)CC43)C(=O)NS(=O)(=O)C1CC1. The number of hydroxylamine groups is 2. The summed E-state index contributed by atoms with van der Waals surface area (Å²) in [6, 6.07) is -0.00998. The summed E-state index contributed by atoms with van der Waals surface area (Å²) in [7, 11) is -3.85. The molecular formula is C35H52IN7O7S. The number of carbonyl (C=O) groups excluding carboxylic acids is 3. The van der Waals surface area contributed by atoms with E-state index in [1.807, 2.05) is 19.9 Å². The van der Waals surface area contributed by atoms with Crippen molar-refractivity contribution in [1.29, 1.82) is 0 Å². The number of halogens is 1. The number of aromatic nitrogens is 2. The van der Waals surface area contributed by atoms with E-state index in [4.69, 9.17) is 9.57 Å². The maximum absolute atomic E-state index is 14.4. The number of aromatic amines is 1. The zero-order chi connectivity index (χ0) is 36.1. The maximum Gasteiger partial charge on any atom is 0.269 e. The van der Waals surface area contributed by atoms with Crippen LogP contribution in [0.1, 0.15) is 90.2 Å². The maximum atomic E-state index is 14.4. The molecule has 6 aliphatic rings. The number of ether oxygens (including phenoxy) is 1. The number of hydrogen-bond acceptors (Lipinski definition) is 10. The van der Waals surface area contributed by atoms with E-state index in [9.17, 15) is 22.8 Å². The van der Waals surface area contributed by atoms with Crippen molar-refractivity contribution in [3.05, 3.63) is 24.4 Å². The summed E-state index contributed by atoms with van der Waals surface area (Å²) in [5.41, 5.74) is -0.503. The molecule has 0 aromatic carbocycles. The van der Waals surface area contributed by atoms with Crippen molar-refractivity contribution in [3.63, 3.8) is 0 Å². The predicted octanol–water partition coefficient (Wildman–Crippen LogP) is 3.27. The number of amides is 3. The van der Waals surface area contributed by atoms with Gasteiger partial charge in [0, 0.05) is 40.5 Å².